The monoisotopic (exact) mass is 298 g/mol. The van der Waals surface area contributed by atoms with Crippen LogP contribution in [0, 0.1) is 6.92 Å². The Morgan fingerprint density at radius 1 is 1.14 bits per heavy atom. The lowest BCUT2D eigenvalue weighted by Crippen LogP contribution is -2.37. The second-order valence-electron chi connectivity index (χ2n) is 5.57. The molecule has 1 aliphatic heterocycles. The zero-order valence-corrected chi connectivity index (χ0v) is 13.1. The molecule has 5 nitrogen and oxygen atoms in total. The minimum atomic E-state index is 0.202. The molecule has 1 aromatic carbocycles. The van der Waals surface area contributed by atoms with E-state index in [0.29, 0.717) is 0 Å². The van der Waals surface area contributed by atoms with Crippen LogP contribution in [0.5, 0.6) is 0 Å². The van der Waals surface area contributed by atoms with Crippen LogP contribution in [0.4, 0.5) is 11.8 Å². The zero-order valence-electron chi connectivity index (χ0n) is 13.1. The second kappa shape index (κ2) is 6.75. The van der Waals surface area contributed by atoms with E-state index in [1.54, 1.807) is 0 Å². The normalized spacial score (nSPS) is 16.4. The van der Waals surface area contributed by atoms with Gasteiger partial charge in [-0.15, -0.1) is 0 Å². The average molecular weight is 298 g/mol. The first kappa shape index (κ1) is 14.8. The number of benzene rings is 1. The molecule has 1 aliphatic rings. The van der Waals surface area contributed by atoms with Crippen molar-refractivity contribution in [3.05, 3.63) is 47.7 Å². The van der Waals surface area contributed by atoms with E-state index in [-0.39, 0.29) is 6.04 Å². The van der Waals surface area contributed by atoms with Crippen LogP contribution in [0.25, 0.3) is 0 Å². The Hall–Kier alpha value is -2.14. The largest absolute Gasteiger partial charge is 0.378 e. The van der Waals surface area contributed by atoms with Crippen molar-refractivity contribution in [2.45, 2.75) is 19.9 Å². The SMILES string of the molecule is Cc1cc(NC(C)c2ccccc2)nc(N2CCOCC2)n1. The molecule has 2 aromatic rings. The van der Waals surface area contributed by atoms with Crippen molar-refractivity contribution in [2.24, 2.45) is 0 Å². The standard InChI is InChI=1S/C17H22N4O/c1-13-12-16(19-14(2)15-6-4-3-5-7-15)20-17(18-13)21-8-10-22-11-9-21/h3-7,12,14H,8-11H2,1-2H3,(H,18,19,20). The lowest BCUT2D eigenvalue weighted by Gasteiger charge is -2.27. The van der Waals surface area contributed by atoms with Gasteiger partial charge in [-0.3, -0.25) is 0 Å². The number of morpholine rings is 1. The van der Waals surface area contributed by atoms with Crippen molar-refractivity contribution < 1.29 is 4.74 Å². The quantitative estimate of drug-likeness (QED) is 0.940. The van der Waals surface area contributed by atoms with E-state index in [2.05, 4.69) is 51.4 Å². The molecule has 116 valence electrons. The molecule has 3 rings (SSSR count). The van der Waals surface area contributed by atoms with Gasteiger partial charge in [-0.05, 0) is 19.4 Å². The van der Waals surface area contributed by atoms with Crippen molar-refractivity contribution >= 4 is 11.8 Å². The fourth-order valence-corrected chi connectivity index (χ4v) is 2.58. The molecule has 5 heteroatoms. The van der Waals surface area contributed by atoms with Crippen LogP contribution in [-0.4, -0.2) is 36.3 Å². The van der Waals surface area contributed by atoms with Crippen LogP contribution >= 0.6 is 0 Å². The van der Waals surface area contributed by atoms with E-state index < -0.39 is 0 Å². The van der Waals surface area contributed by atoms with Crippen molar-refractivity contribution in [1.82, 2.24) is 9.97 Å². The lowest BCUT2D eigenvalue weighted by atomic mass is 10.1. The van der Waals surface area contributed by atoms with Crippen molar-refractivity contribution in [1.29, 1.82) is 0 Å². The highest BCUT2D eigenvalue weighted by atomic mass is 16.5. The average Bonchev–Trinajstić information content (AvgIpc) is 2.56. The van der Waals surface area contributed by atoms with Crippen LogP contribution in [0.3, 0.4) is 0 Å². The molecular weight excluding hydrogens is 276 g/mol. The van der Waals surface area contributed by atoms with Gasteiger partial charge in [-0.25, -0.2) is 4.98 Å². The summed E-state index contributed by atoms with van der Waals surface area (Å²) >= 11 is 0. The number of aryl methyl sites for hydroxylation is 1. The Bertz CT molecular complexity index is 611. The van der Waals surface area contributed by atoms with Crippen molar-refractivity contribution in [3.63, 3.8) is 0 Å². The smallest absolute Gasteiger partial charge is 0.227 e. The fraction of sp³-hybridized carbons (Fsp3) is 0.412. The number of nitrogens with zero attached hydrogens (tertiary/aromatic N) is 3. The number of rotatable bonds is 4. The lowest BCUT2D eigenvalue weighted by molar-refractivity contribution is 0.122. The number of ether oxygens (including phenoxy) is 1. The molecule has 1 saturated heterocycles. The summed E-state index contributed by atoms with van der Waals surface area (Å²) in [5.74, 6) is 1.65. The van der Waals surface area contributed by atoms with Gasteiger partial charge in [0.2, 0.25) is 5.95 Å². The van der Waals surface area contributed by atoms with Crippen LogP contribution < -0.4 is 10.2 Å². The van der Waals surface area contributed by atoms with Gasteiger partial charge in [-0.1, -0.05) is 30.3 Å². The molecule has 1 fully saturated rings. The summed E-state index contributed by atoms with van der Waals surface area (Å²) in [7, 11) is 0. The Morgan fingerprint density at radius 3 is 2.59 bits per heavy atom. The first-order valence-corrected chi connectivity index (χ1v) is 7.72. The Kier molecular flexibility index (Phi) is 4.53. The van der Waals surface area contributed by atoms with E-state index in [4.69, 9.17) is 4.74 Å². The minimum Gasteiger partial charge on any atom is -0.378 e. The van der Waals surface area contributed by atoms with E-state index in [9.17, 15) is 0 Å². The van der Waals surface area contributed by atoms with E-state index in [0.717, 1.165) is 43.8 Å². The van der Waals surface area contributed by atoms with Gasteiger partial charge in [-0.2, -0.15) is 4.98 Å². The van der Waals surface area contributed by atoms with Gasteiger partial charge in [0, 0.05) is 30.9 Å². The third-order valence-corrected chi connectivity index (χ3v) is 3.80. The first-order chi connectivity index (χ1) is 10.7. The summed E-state index contributed by atoms with van der Waals surface area (Å²) in [5, 5.41) is 3.47. The molecule has 1 atom stereocenters. The Morgan fingerprint density at radius 2 is 1.86 bits per heavy atom. The third kappa shape index (κ3) is 3.54. The van der Waals surface area contributed by atoms with Crippen molar-refractivity contribution in [3.8, 4) is 0 Å². The number of nitrogens with one attached hydrogen (secondary N) is 1. The van der Waals surface area contributed by atoms with Crippen LogP contribution in [0.1, 0.15) is 24.2 Å². The molecule has 0 amide bonds. The van der Waals surface area contributed by atoms with Gasteiger partial charge >= 0.3 is 0 Å². The molecule has 0 spiro atoms. The van der Waals surface area contributed by atoms with Crippen LogP contribution in [0.15, 0.2) is 36.4 Å². The predicted molar refractivity (Wildman–Crippen MR) is 88.3 cm³/mol. The van der Waals surface area contributed by atoms with E-state index in [1.165, 1.54) is 5.56 Å². The molecule has 22 heavy (non-hydrogen) atoms. The Labute approximate surface area is 131 Å². The zero-order chi connectivity index (χ0) is 15.4. The summed E-state index contributed by atoms with van der Waals surface area (Å²) in [6.45, 7) is 7.31. The molecule has 2 heterocycles. The summed E-state index contributed by atoms with van der Waals surface area (Å²) in [5.41, 5.74) is 2.21. The van der Waals surface area contributed by atoms with Gasteiger partial charge in [0.25, 0.3) is 0 Å². The molecule has 1 N–H and O–H groups in total. The molecule has 0 radical (unpaired) electrons. The number of anilines is 2. The van der Waals surface area contributed by atoms with Gasteiger partial charge in [0.15, 0.2) is 0 Å². The highest BCUT2D eigenvalue weighted by Gasteiger charge is 2.15. The first-order valence-electron chi connectivity index (χ1n) is 7.72. The summed E-state index contributed by atoms with van der Waals surface area (Å²) in [6.07, 6.45) is 0. The summed E-state index contributed by atoms with van der Waals surface area (Å²) in [6, 6.07) is 12.6. The number of hydrogen-bond acceptors (Lipinski definition) is 5. The van der Waals surface area contributed by atoms with Gasteiger partial charge in [0.05, 0.1) is 13.2 Å². The highest BCUT2D eigenvalue weighted by Crippen LogP contribution is 2.20. The maximum absolute atomic E-state index is 5.39. The molecule has 0 saturated carbocycles. The van der Waals surface area contributed by atoms with Crippen LogP contribution in [-0.2, 0) is 4.74 Å². The second-order valence-corrected chi connectivity index (χ2v) is 5.57. The van der Waals surface area contributed by atoms with Gasteiger partial charge < -0.3 is 15.0 Å². The minimum absolute atomic E-state index is 0.202. The number of hydrogen-bond donors (Lipinski definition) is 1. The van der Waals surface area contributed by atoms with E-state index >= 15 is 0 Å². The van der Waals surface area contributed by atoms with Gasteiger partial charge in [0.1, 0.15) is 5.82 Å². The maximum Gasteiger partial charge on any atom is 0.227 e. The molecule has 0 bridgehead atoms. The number of aromatic nitrogens is 2. The predicted octanol–water partition coefficient (Wildman–Crippen LogP) is 2.79. The maximum atomic E-state index is 5.39. The molecule has 1 aromatic heterocycles. The third-order valence-electron chi connectivity index (χ3n) is 3.80. The molecule has 0 aliphatic carbocycles. The summed E-state index contributed by atoms with van der Waals surface area (Å²) < 4.78 is 5.39. The summed E-state index contributed by atoms with van der Waals surface area (Å²) in [4.78, 5) is 11.4. The molecular formula is C17H22N4O. The molecule has 1 unspecified atom stereocenters. The van der Waals surface area contributed by atoms with Crippen molar-refractivity contribution in [2.75, 3.05) is 36.5 Å². The fourth-order valence-electron chi connectivity index (χ4n) is 2.58. The highest BCUT2D eigenvalue weighted by molar-refractivity contribution is 5.45. The topological polar surface area (TPSA) is 50.3 Å². The Balaban J connectivity index is 1.77. The van der Waals surface area contributed by atoms with E-state index in [1.807, 2.05) is 19.1 Å². The van der Waals surface area contributed by atoms with Crippen LogP contribution in [0.2, 0.25) is 0 Å².